The molecule has 92 valence electrons. The van der Waals surface area contributed by atoms with Crippen molar-refractivity contribution in [2.45, 2.75) is 18.8 Å². The van der Waals surface area contributed by atoms with Gasteiger partial charge in [0.2, 0.25) is 0 Å². The SMILES string of the molecule is CC(CC1COC1)(C(=O)O)c1cccc(Br)c1. The number of carboxylic acid groups (broad SMARTS) is 1. The smallest absolute Gasteiger partial charge is 0.313 e. The zero-order chi connectivity index (χ0) is 12.5. The molecule has 1 unspecified atom stereocenters. The minimum absolute atomic E-state index is 0.357. The van der Waals surface area contributed by atoms with Gasteiger partial charge in [-0.25, -0.2) is 0 Å². The molecule has 0 amide bonds. The van der Waals surface area contributed by atoms with Gasteiger partial charge in [0.15, 0.2) is 0 Å². The number of rotatable bonds is 4. The Morgan fingerprint density at radius 1 is 1.59 bits per heavy atom. The van der Waals surface area contributed by atoms with Crippen molar-refractivity contribution in [2.75, 3.05) is 13.2 Å². The highest BCUT2D eigenvalue weighted by Gasteiger charge is 2.39. The molecule has 0 aromatic heterocycles. The van der Waals surface area contributed by atoms with Gasteiger partial charge in [0.1, 0.15) is 0 Å². The molecule has 2 rings (SSSR count). The molecule has 1 saturated heterocycles. The summed E-state index contributed by atoms with van der Waals surface area (Å²) in [6, 6.07) is 7.53. The summed E-state index contributed by atoms with van der Waals surface area (Å²) in [6.45, 7) is 3.14. The van der Waals surface area contributed by atoms with Gasteiger partial charge in [-0.15, -0.1) is 0 Å². The molecule has 1 fully saturated rings. The van der Waals surface area contributed by atoms with Crippen LogP contribution in [0.4, 0.5) is 0 Å². The number of ether oxygens (including phenoxy) is 1. The Morgan fingerprint density at radius 2 is 2.29 bits per heavy atom. The van der Waals surface area contributed by atoms with E-state index in [1.807, 2.05) is 24.3 Å². The van der Waals surface area contributed by atoms with E-state index in [1.54, 1.807) is 6.92 Å². The highest BCUT2D eigenvalue weighted by atomic mass is 79.9. The molecule has 0 aliphatic carbocycles. The molecular weight excluding hydrogens is 284 g/mol. The summed E-state index contributed by atoms with van der Waals surface area (Å²) >= 11 is 3.38. The Morgan fingerprint density at radius 3 is 2.76 bits per heavy atom. The van der Waals surface area contributed by atoms with Gasteiger partial charge in [-0.3, -0.25) is 4.79 Å². The lowest BCUT2D eigenvalue weighted by Gasteiger charge is -2.34. The van der Waals surface area contributed by atoms with Gasteiger partial charge in [-0.05, 0) is 31.0 Å². The number of hydrogen-bond donors (Lipinski definition) is 1. The summed E-state index contributed by atoms with van der Waals surface area (Å²) in [5.41, 5.74) is 0.00405. The molecule has 1 heterocycles. The first-order valence-electron chi connectivity index (χ1n) is 5.59. The van der Waals surface area contributed by atoms with Crippen LogP contribution < -0.4 is 0 Å². The van der Waals surface area contributed by atoms with Crippen molar-refractivity contribution in [3.05, 3.63) is 34.3 Å². The third-order valence-corrected chi connectivity index (χ3v) is 3.83. The fourth-order valence-corrected chi connectivity index (χ4v) is 2.54. The standard InChI is InChI=1S/C13H15BrO3/c1-13(12(15)16,6-9-7-17-8-9)10-3-2-4-11(14)5-10/h2-5,9H,6-8H2,1H3,(H,15,16). The van der Waals surface area contributed by atoms with Crippen LogP contribution >= 0.6 is 15.9 Å². The van der Waals surface area contributed by atoms with Gasteiger partial charge in [0, 0.05) is 10.4 Å². The Kier molecular flexibility index (Phi) is 3.54. The van der Waals surface area contributed by atoms with Crippen molar-refractivity contribution >= 4 is 21.9 Å². The highest BCUT2D eigenvalue weighted by molar-refractivity contribution is 9.10. The van der Waals surface area contributed by atoms with E-state index in [4.69, 9.17) is 4.74 Å². The molecule has 1 aliphatic rings. The van der Waals surface area contributed by atoms with E-state index in [0.29, 0.717) is 25.6 Å². The van der Waals surface area contributed by atoms with Crippen molar-refractivity contribution < 1.29 is 14.6 Å². The van der Waals surface area contributed by atoms with E-state index in [-0.39, 0.29) is 0 Å². The second kappa shape index (κ2) is 4.78. The van der Waals surface area contributed by atoms with Gasteiger partial charge in [-0.1, -0.05) is 28.1 Å². The number of halogens is 1. The second-order valence-corrected chi connectivity index (χ2v) is 5.67. The van der Waals surface area contributed by atoms with Crippen molar-refractivity contribution in [1.29, 1.82) is 0 Å². The monoisotopic (exact) mass is 298 g/mol. The number of benzene rings is 1. The normalized spacial score (nSPS) is 19.4. The topological polar surface area (TPSA) is 46.5 Å². The van der Waals surface area contributed by atoms with Crippen LogP contribution in [-0.4, -0.2) is 24.3 Å². The first-order chi connectivity index (χ1) is 8.02. The quantitative estimate of drug-likeness (QED) is 0.930. The van der Waals surface area contributed by atoms with E-state index >= 15 is 0 Å². The number of aliphatic carboxylic acids is 1. The Labute approximate surface area is 109 Å². The van der Waals surface area contributed by atoms with E-state index < -0.39 is 11.4 Å². The van der Waals surface area contributed by atoms with Gasteiger partial charge in [0.25, 0.3) is 0 Å². The zero-order valence-electron chi connectivity index (χ0n) is 9.65. The maximum atomic E-state index is 11.6. The Balaban J connectivity index is 2.29. The largest absolute Gasteiger partial charge is 0.481 e. The molecular formula is C13H15BrO3. The van der Waals surface area contributed by atoms with E-state index in [0.717, 1.165) is 10.0 Å². The molecule has 1 aromatic carbocycles. The molecule has 0 bridgehead atoms. The van der Waals surface area contributed by atoms with Gasteiger partial charge in [0.05, 0.1) is 18.6 Å². The molecule has 1 atom stereocenters. The predicted molar refractivity (Wildman–Crippen MR) is 68.1 cm³/mol. The van der Waals surface area contributed by atoms with Crippen LogP contribution in [0.2, 0.25) is 0 Å². The Hall–Kier alpha value is -0.870. The van der Waals surface area contributed by atoms with Crippen LogP contribution in [0.3, 0.4) is 0 Å². The van der Waals surface area contributed by atoms with E-state index in [9.17, 15) is 9.90 Å². The number of carbonyl (C=O) groups is 1. The third kappa shape index (κ3) is 2.53. The molecule has 0 saturated carbocycles. The lowest BCUT2D eigenvalue weighted by molar-refractivity contribution is -0.145. The van der Waals surface area contributed by atoms with Crippen molar-refractivity contribution in [3.63, 3.8) is 0 Å². The van der Waals surface area contributed by atoms with Crippen LogP contribution in [-0.2, 0) is 14.9 Å². The average molecular weight is 299 g/mol. The molecule has 3 nitrogen and oxygen atoms in total. The molecule has 1 aromatic rings. The molecule has 1 N–H and O–H groups in total. The average Bonchev–Trinajstić information content (AvgIpc) is 2.23. The lowest BCUT2D eigenvalue weighted by Crippen LogP contribution is -2.40. The fourth-order valence-electron chi connectivity index (χ4n) is 2.14. The predicted octanol–water partition coefficient (Wildman–Crippen LogP) is 2.83. The minimum Gasteiger partial charge on any atom is -0.481 e. The maximum Gasteiger partial charge on any atom is 0.313 e. The lowest BCUT2D eigenvalue weighted by atomic mass is 9.75. The van der Waals surface area contributed by atoms with Gasteiger partial charge in [-0.2, -0.15) is 0 Å². The van der Waals surface area contributed by atoms with Gasteiger partial charge < -0.3 is 9.84 Å². The summed E-state index contributed by atoms with van der Waals surface area (Å²) in [4.78, 5) is 11.6. The van der Waals surface area contributed by atoms with Crippen LogP contribution in [0.1, 0.15) is 18.9 Å². The van der Waals surface area contributed by atoms with E-state index in [2.05, 4.69) is 15.9 Å². The summed E-state index contributed by atoms with van der Waals surface area (Å²) < 4.78 is 6.03. The fraction of sp³-hybridized carbons (Fsp3) is 0.462. The summed E-state index contributed by atoms with van der Waals surface area (Å²) in [5, 5.41) is 9.49. The molecule has 4 heteroatoms. The van der Waals surface area contributed by atoms with Crippen LogP contribution in [0.5, 0.6) is 0 Å². The van der Waals surface area contributed by atoms with Crippen LogP contribution in [0.25, 0.3) is 0 Å². The van der Waals surface area contributed by atoms with Gasteiger partial charge >= 0.3 is 5.97 Å². The summed E-state index contributed by atoms with van der Waals surface area (Å²) in [7, 11) is 0. The summed E-state index contributed by atoms with van der Waals surface area (Å²) in [5.74, 6) is -0.419. The molecule has 1 aliphatic heterocycles. The van der Waals surface area contributed by atoms with E-state index in [1.165, 1.54) is 0 Å². The summed E-state index contributed by atoms with van der Waals surface area (Å²) in [6.07, 6.45) is 0.624. The van der Waals surface area contributed by atoms with Crippen molar-refractivity contribution in [1.82, 2.24) is 0 Å². The maximum absolute atomic E-state index is 11.6. The van der Waals surface area contributed by atoms with Crippen LogP contribution in [0.15, 0.2) is 28.7 Å². The number of carboxylic acids is 1. The molecule has 17 heavy (non-hydrogen) atoms. The van der Waals surface area contributed by atoms with Crippen LogP contribution in [0, 0.1) is 5.92 Å². The second-order valence-electron chi connectivity index (χ2n) is 4.76. The Bertz CT molecular complexity index is 428. The third-order valence-electron chi connectivity index (χ3n) is 3.34. The van der Waals surface area contributed by atoms with Crippen molar-refractivity contribution in [2.24, 2.45) is 5.92 Å². The zero-order valence-corrected chi connectivity index (χ0v) is 11.2. The first kappa shape index (κ1) is 12.6. The molecule has 0 radical (unpaired) electrons. The first-order valence-corrected chi connectivity index (χ1v) is 6.39. The highest BCUT2D eigenvalue weighted by Crippen LogP contribution is 2.35. The molecule has 0 spiro atoms. The van der Waals surface area contributed by atoms with Crippen molar-refractivity contribution in [3.8, 4) is 0 Å². The number of hydrogen-bond acceptors (Lipinski definition) is 2. The minimum atomic E-state index is -0.835.